The topological polar surface area (TPSA) is 52.6 Å². The van der Waals surface area contributed by atoms with Crippen LogP contribution in [0.2, 0.25) is 0 Å². The van der Waals surface area contributed by atoms with E-state index in [1.807, 2.05) is 0 Å². The van der Waals surface area contributed by atoms with Crippen LogP contribution in [0.5, 0.6) is 0 Å². The van der Waals surface area contributed by atoms with Crippen molar-refractivity contribution in [3.05, 3.63) is 12.7 Å². The molecule has 0 aliphatic rings. The lowest BCUT2D eigenvalue weighted by Crippen LogP contribution is -2.17. The van der Waals surface area contributed by atoms with Gasteiger partial charge in [0.15, 0.2) is 0 Å². The first-order chi connectivity index (χ1) is 6.95. The quantitative estimate of drug-likeness (QED) is 0.500. The molecular weight excluding hydrogens is 196 g/mol. The fourth-order valence-electron chi connectivity index (χ4n) is 0.948. The van der Waals surface area contributed by atoms with Crippen molar-refractivity contribution >= 4 is 11.9 Å². The minimum atomic E-state index is -0.472. The maximum atomic E-state index is 11.1. The third-order valence-corrected chi connectivity index (χ3v) is 1.61. The molecule has 0 heterocycles. The number of rotatable bonds is 6. The Bertz CT molecular complexity index is 233. The third kappa shape index (κ3) is 7.73. The van der Waals surface area contributed by atoms with E-state index in [4.69, 9.17) is 9.47 Å². The first-order valence-corrected chi connectivity index (χ1v) is 4.98. The van der Waals surface area contributed by atoms with E-state index in [0.717, 1.165) is 6.08 Å². The molecular formula is C11H18O4. The number of hydrogen-bond acceptors (Lipinski definition) is 4. The molecule has 4 heteroatoms. The highest BCUT2D eigenvalue weighted by Gasteiger charge is 2.11. The summed E-state index contributed by atoms with van der Waals surface area (Å²) in [5.74, 6) is -0.744. The van der Waals surface area contributed by atoms with Crippen molar-refractivity contribution in [1.82, 2.24) is 0 Å². The van der Waals surface area contributed by atoms with Crippen molar-refractivity contribution < 1.29 is 19.1 Å². The van der Waals surface area contributed by atoms with Crippen LogP contribution in [0.1, 0.15) is 33.6 Å². The molecule has 0 aromatic heterocycles. The van der Waals surface area contributed by atoms with Gasteiger partial charge in [-0.3, -0.25) is 4.79 Å². The lowest BCUT2D eigenvalue weighted by molar-refractivity contribution is -0.150. The Labute approximate surface area is 90.2 Å². The van der Waals surface area contributed by atoms with Gasteiger partial charge >= 0.3 is 11.9 Å². The summed E-state index contributed by atoms with van der Waals surface area (Å²) in [7, 11) is 0. The second-order valence-corrected chi connectivity index (χ2v) is 3.53. The Kier molecular flexibility index (Phi) is 6.42. The molecule has 4 nitrogen and oxygen atoms in total. The molecule has 0 bridgehead atoms. The Balaban J connectivity index is 3.70. The Hall–Kier alpha value is -1.32. The fourth-order valence-corrected chi connectivity index (χ4v) is 0.948. The first kappa shape index (κ1) is 13.7. The van der Waals surface area contributed by atoms with E-state index >= 15 is 0 Å². The van der Waals surface area contributed by atoms with Gasteiger partial charge in [0.05, 0.1) is 12.2 Å². The number of ether oxygens (including phenoxy) is 2. The van der Waals surface area contributed by atoms with Crippen molar-refractivity contribution in [2.75, 3.05) is 0 Å². The van der Waals surface area contributed by atoms with E-state index in [2.05, 4.69) is 6.58 Å². The summed E-state index contributed by atoms with van der Waals surface area (Å²) in [5, 5.41) is 0. The highest BCUT2D eigenvalue weighted by atomic mass is 16.5. The number of carbonyl (C=O) groups excluding carboxylic acids is 2. The Morgan fingerprint density at radius 1 is 1.27 bits per heavy atom. The maximum Gasteiger partial charge on any atom is 0.330 e. The van der Waals surface area contributed by atoms with Gasteiger partial charge in [0.1, 0.15) is 0 Å². The molecule has 0 spiro atoms. The van der Waals surface area contributed by atoms with Gasteiger partial charge in [-0.1, -0.05) is 6.58 Å². The van der Waals surface area contributed by atoms with E-state index < -0.39 is 5.97 Å². The summed E-state index contributed by atoms with van der Waals surface area (Å²) in [4.78, 5) is 21.9. The van der Waals surface area contributed by atoms with E-state index in [1.54, 1.807) is 20.8 Å². The third-order valence-electron chi connectivity index (χ3n) is 1.61. The maximum absolute atomic E-state index is 11.1. The van der Waals surface area contributed by atoms with Crippen molar-refractivity contribution in [1.29, 1.82) is 0 Å². The lowest BCUT2D eigenvalue weighted by atomic mass is 10.2. The zero-order valence-corrected chi connectivity index (χ0v) is 9.49. The van der Waals surface area contributed by atoms with E-state index in [-0.39, 0.29) is 24.6 Å². The van der Waals surface area contributed by atoms with Gasteiger partial charge in [0.25, 0.3) is 0 Å². The molecule has 1 atom stereocenters. The zero-order chi connectivity index (χ0) is 11.8. The van der Waals surface area contributed by atoms with Crippen LogP contribution in [-0.4, -0.2) is 24.1 Å². The average Bonchev–Trinajstić information content (AvgIpc) is 2.13. The molecule has 0 aliphatic heterocycles. The summed E-state index contributed by atoms with van der Waals surface area (Å²) in [6, 6.07) is 0. The molecule has 0 fully saturated rings. The number of esters is 2. The highest BCUT2D eigenvalue weighted by molar-refractivity contribution is 5.81. The van der Waals surface area contributed by atoms with Crippen LogP contribution in [0.4, 0.5) is 0 Å². The molecule has 0 rings (SSSR count). The predicted octanol–water partition coefficient (Wildman–Crippen LogP) is 1.84. The van der Waals surface area contributed by atoms with E-state index in [9.17, 15) is 9.59 Å². The van der Waals surface area contributed by atoms with Crippen molar-refractivity contribution in [3.63, 3.8) is 0 Å². The molecule has 86 valence electrons. The van der Waals surface area contributed by atoms with Crippen LogP contribution in [0, 0.1) is 0 Å². The summed E-state index contributed by atoms with van der Waals surface area (Å²) >= 11 is 0. The normalized spacial score (nSPS) is 12.0. The SMILES string of the molecule is C=CC(=O)OC(C)CCC(=O)OC(C)C. The molecule has 0 amide bonds. The molecule has 0 aromatic carbocycles. The summed E-state index contributed by atoms with van der Waals surface area (Å²) in [6.07, 6.45) is 1.41. The van der Waals surface area contributed by atoms with Crippen LogP contribution in [-0.2, 0) is 19.1 Å². The van der Waals surface area contributed by atoms with Crippen molar-refractivity contribution in [3.8, 4) is 0 Å². The minimum Gasteiger partial charge on any atom is -0.463 e. The Morgan fingerprint density at radius 2 is 1.87 bits per heavy atom. The monoisotopic (exact) mass is 214 g/mol. The van der Waals surface area contributed by atoms with Crippen molar-refractivity contribution in [2.45, 2.75) is 45.8 Å². The van der Waals surface area contributed by atoms with Crippen LogP contribution in [0.3, 0.4) is 0 Å². The van der Waals surface area contributed by atoms with E-state index in [1.165, 1.54) is 0 Å². The molecule has 15 heavy (non-hydrogen) atoms. The van der Waals surface area contributed by atoms with Gasteiger partial charge in [-0.15, -0.1) is 0 Å². The largest absolute Gasteiger partial charge is 0.463 e. The highest BCUT2D eigenvalue weighted by Crippen LogP contribution is 2.04. The molecule has 1 unspecified atom stereocenters. The number of carbonyl (C=O) groups is 2. The minimum absolute atomic E-state index is 0.108. The zero-order valence-electron chi connectivity index (χ0n) is 9.49. The molecule has 0 radical (unpaired) electrons. The van der Waals surface area contributed by atoms with Crippen LogP contribution in [0.15, 0.2) is 12.7 Å². The van der Waals surface area contributed by atoms with Gasteiger partial charge in [0.2, 0.25) is 0 Å². The summed E-state index contributed by atoms with van der Waals surface area (Å²) in [6.45, 7) is 8.59. The number of hydrogen-bond donors (Lipinski definition) is 0. The molecule has 0 saturated heterocycles. The molecule has 0 aromatic rings. The summed E-state index contributed by atoms with van der Waals surface area (Å²) in [5.41, 5.74) is 0. The van der Waals surface area contributed by atoms with Gasteiger partial charge < -0.3 is 9.47 Å². The van der Waals surface area contributed by atoms with Crippen molar-refractivity contribution in [2.24, 2.45) is 0 Å². The molecule has 0 aliphatic carbocycles. The second kappa shape index (κ2) is 7.04. The second-order valence-electron chi connectivity index (χ2n) is 3.53. The van der Waals surface area contributed by atoms with Crippen LogP contribution >= 0.6 is 0 Å². The summed E-state index contributed by atoms with van der Waals surface area (Å²) < 4.78 is 9.82. The fraction of sp³-hybridized carbons (Fsp3) is 0.636. The first-order valence-electron chi connectivity index (χ1n) is 4.98. The lowest BCUT2D eigenvalue weighted by Gasteiger charge is -2.12. The smallest absolute Gasteiger partial charge is 0.330 e. The van der Waals surface area contributed by atoms with Gasteiger partial charge in [-0.25, -0.2) is 4.79 Å². The molecule has 0 N–H and O–H groups in total. The average molecular weight is 214 g/mol. The van der Waals surface area contributed by atoms with Gasteiger partial charge in [0, 0.05) is 12.5 Å². The molecule has 0 saturated carbocycles. The Morgan fingerprint density at radius 3 is 2.33 bits per heavy atom. The van der Waals surface area contributed by atoms with Crippen LogP contribution in [0.25, 0.3) is 0 Å². The van der Waals surface area contributed by atoms with Gasteiger partial charge in [-0.05, 0) is 27.2 Å². The standard InChI is InChI=1S/C11H18O4/c1-5-10(12)15-9(4)6-7-11(13)14-8(2)3/h5,8-9H,1,6-7H2,2-4H3. The van der Waals surface area contributed by atoms with Crippen LogP contribution < -0.4 is 0 Å². The van der Waals surface area contributed by atoms with Gasteiger partial charge in [-0.2, -0.15) is 0 Å². The predicted molar refractivity (Wildman–Crippen MR) is 56.2 cm³/mol. The van der Waals surface area contributed by atoms with E-state index in [0.29, 0.717) is 6.42 Å².